The first kappa shape index (κ1) is 31.4. The molecule has 14 rings (SSSR count). The van der Waals surface area contributed by atoms with Crippen LogP contribution in [0.1, 0.15) is 0 Å². The van der Waals surface area contributed by atoms with Crippen molar-refractivity contribution < 1.29 is 0 Å². The van der Waals surface area contributed by atoms with Crippen LogP contribution in [0, 0.1) is 0 Å². The predicted octanol–water partition coefficient (Wildman–Crippen LogP) is 14.1. The second kappa shape index (κ2) is 11.5. The number of pyridine rings is 1. The molecule has 6 heteroatoms. The van der Waals surface area contributed by atoms with Gasteiger partial charge in [-0.1, -0.05) is 109 Å². The molecule has 0 N–H and O–H groups in total. The molecule has 8 aromatic carbocycles. The number of nitrogens with zero attached hydrogens (tertiary/aromatic N) is 5. The van der Waals surface area contributed by atoms with Crippen molar-refractivity contribution in [3.05, 3.63) is 176 Å². The van der Waals surface area contributed by atoms with Gasteiger partial charge in [-0.2, -0.15) is 0 Å². The van der Waals surface area contributed by atoms with E-state index in [-0.39, 0.29) is 0 Å². The van der Waals surface area contributed by atoms with Gasteiger partial charge in [0, 0.05) is 64.2 Å². The first-order chi connectivity index (χ1) is 29.2. The van der Waals surface area contributed by atoms with E-state index in [1.54, 1.807) is 0 Å². The van der Waals surface area contributed by atoms with Crippen molar-refractivity contribution in [3.8, 4) is 28.3 Å². The molecule has 0 radical (unpaired) electrons. The molecule has 0 aliphatic carbocycles. The molecule has 0 saturated heterocycles. The van der Waals surface area contributed by atoms with Gasteiger partial charge in [-0.3, -0.25) is 9.55 Å². The van der Waals surface area contributed by atoms with Gasteiger partial charge < -0.3 is 4.40 Å². The molecule has 0 aliphatic rings. The molecular weight excluding hydrogens is 739 g/mol. The molecule has 59 heavy (non-hydrogen) atoms. The maximum atomic E-state index is 5.40. The fraction of sp³-hybridized carbons (Fsp3) is 0. The zero-order chi connectivity index (χ0) is 38.3. The minimum absolute atomic E-state index is 0.625. The minimum atomic E-state index is 0.625. The number of para-hydroxylation sites is 3. The Hall–Kier alpha value is -7.67. The number of hydrogen-bond acceptors (Lipinski definition) is 4. The zero-order valence-corrected chi connectivity index (χ0v) is 32.2. The third kappa shape index (κ3) is 4.25. The molecule has 6 aromatic heterocycles. The molecule has 0 unspecified atom stereocenters. The molecular formula is C53H29N5S. The van der Waals surface area contributed by atoms with E-state index >= 15 is 0 Å². The number of hydrogen-bond donors (Lipinski definition) is 0. The third-order valence-corrected chi connectivity index (χ3v) is 13.7. The van der Waals surface area contributed by atoms with E-state index in [1.165, 1.54) is 80.2 Å². The standard InChI is InChI=1S/C53H29N5S/c1-2-10-34-30(9-1)18-22-39-42-29-33(21-25-48(42)59-52(34)39)49-50-43(15-8-26-54-50)55-53(56-49)58-45-17-6-4-12-36(45)40-27-31(20-24-47(40)58)32-19-23-46-41(28-32)38-14-7-13-37-35-11-3-5-16-44(35)57(46)51(37)38/h1-29H. The van der Waals surface area contributed by atoms with E-state index < -0.39 is 0 Å². The average Bonchev–Trinajstić information content (AvgIpc) is 4.04. The van der Waals surface area contributed by atoms with Crippen molar-refractivity contribution in [3.63, 3.8) is 0 Å². The van der Waals surface area contributed by atoms with Gasteiger partial charge in [-0.05, 0) is 82.6 Å². The van der Waals surface area contributed by atoms with Gasteiger partial charge in [0.25, 0.3) is 0 Å². The first-order valence-corrected chi connectivity index (χ1v) is 20.7. The molecule has 5 nitrogen and oxygen atoms in total. The summed E-state index contributed by atoms with van der Waals surface area (Å²) >= 11 is 1.85. The lowest BCUT2D eigenvalue weighted by Gasteiger charge is -2.11. The van der Waals surface area contributed by atoms with Crippen LogP contribution in [-0.4, -0.2) is 23.9 Å². The Labute approximate surface area is 340 Å². The van der Waals surface area contributed by atoms with E-state index in [2.05, 4.69) is 167 Å². The SMILES string of the molecule is c1ccc2c(c1)ccc1c3cc(-c4nc(-n5c6ccccc6c6cc(-c7ccc8c(c7)c7cccc9c%10ccccc%10n8c97)ccc65)nc5cccnc45)ccc3sc21. The van der Waals surface area contributed by atoms with Crippen LogP contribution in [-0.2, 0) is 0 Å². The second-order valence-electron chi connectivity index (χ2n) is 15.6. The van der Waals surface area contributed by atoms with E-state index in [0.29, 0.717) is 5.95 Å². The van der Waals surface area contributed by atoms with Crippen molar-refractivity contribution in [2.45, 2.75) is 0 Å². The van der Waals surface area contributed by atoms with Crippen LogP contribution in [0.15, 0.2) is 176 Å². The number of aromatic nitrogens is 5. The summed E-state index contributed by atoms with van der Waals surface area (Å²) in [6, 6.07) is 61.6. The molecule has 0 fully saturated rings. The van der Waals surface area contributed by atoms with E-state index in [4.69, 9.17) is 15.0 Å². The topological polar surface area (TPSA) is 48.0 Å². The Kier molecular flexibility index (Phi) is 6.11. The molecule has 272 valence electrons. The Morgan fingerprint density at radius 2 is 1.07 bits per heavy atom. The highest BCUT2D eigenvalue weighted by atomic mass is 32.1. The van der Waals surface area contributed by atoms with Gasteiger partial charge in [-0.25, -0.2) is 9.97 Å². The Balaban J connectivity index is 0.956. The Morgan fingerprint density at radius 1 is 0.424 bits per heavy atom. The van der Waals surface area contributed by atoms with Gasteiger partial charge in [0.05, 0.1) is 33.1 Å². The van der Waals surface area contributed by atoms with Gasteiger partial charge in [0.1, 0.15) is 11.2 Å². The summed E-state index contributed by atoms with van der Waals surface area (Å²) in [4.78, 5) is 15.5. The van der Waals surface area contributed by atoms with E-state index in [9.17, 15) is 0 Å². The zero-order valence-electron chi connectivity index (χ0n) is 31.4. The Morgan fingerprint density at radius 3 is 1.93 bits per heavy atom. The third-order valence-electron chi connectivity index (χ3n) is 12.5. The van der Waals surface area contributed by atoms with E-state index in [1.807, 2.05) is 29.7 Å². The predicted molar refractivity (Wildman–Crippen MR) is 248 cm³/mol. The van der Waals surface area contributed by atoms with Gasteiger partial charge in [0.15, 0.2) is 0 Å². The lowest BCUT2D eigenvalue weighted by molar-refractivity contribution is 1.01. The van der Waals surface area contributed by atoms with Crippen molar-refractivity contribution in [1.82, 2.24) is 23.9 Å². The normalized spacial score (nSPS) is 12.4. The summed E-state index contributed by atoms with van der Waals surface area (Å²) in [6.45, 7) is 0. The summed E-state index contributed by atoms with van der Waals surface area (Å²) in [7, 11) is 0. The molecule has 14 aromatic rings. The van der Waals surface area contributed by atoms with Crippen LogP contribution in [0.5, 0.6) is 0 Å². The summed E-state index contributed by atoms with van der Waals surface area (Å²) in [5.41, 5.74) is 11.7. The lowest BCUT2D eigenvalue weighted by Crippen LogP contribution is -2.04. The molecule has 6 heterocycles. The maximum absolute atomic E-state index is 5.40. The molecule has 0 amide bonds. The minimum Gasteiger partial charge on any atom is -0.308 e. The van der Waals surface area contributed by atoms with E-state index in [0.717, 1.165) is 44.1 Å². The van der Waals surface area contributed by atoms with Crippen LogP contribution in [0.4, 0.5) is 0 Å². The van der Waals surface area contributed by atoms with Crippen LogP contribution >= 0.6 is 11.3 Å². The largest absolute Gasteiger partial charge is 0.308 e. The highest BCUT2D eigenvalue weighted by Crippen LogP contribution is 2.43. The van der Waals surface area contributed by atoms with Crippen LogP contribution < -0.4 is 0 Å². The summed E-state index contributed by atoms with van der Waals surface area (Å²) in [5.74, 6) is 0.625. The fourth-order valence-corrected chi connectivity index (χ4v) is 11.1. The average molecular weight is 768 g/mol. The fourth-order valence-electron chi connectivity index (χ4n) is 9.89. The summed E-state index contributed by atoms with van der Waals surface area (Å²) < 4.78 is 7.22. The number of fused-ring (bicyclic) bond motifs is 15. The number of thiophene rings is 1. The van der Waals surface area contributed by atoms with Crippen molar-refractivity contribution in [2.24, 2.45) is 0 Å². The summed E-state index contributed by atoms with van der Waals surface area (Å²) in [6.07, 6.45) is 1.83. The monoisotopic (exact) mass is 767 g/mol. The summed E-state index contributed by atoms with van der Waals surface area (Å²) in [5, 5.41) is 12.5. The lowest BCUT2D eigenvalue weighted by atomic mass is 10.00. The van der Waals surface area contributed by atoms with Crippen LogP contribution in [0.25, 0.3) is 130 Å². The quantitative estimate of drug-likeness (QED) is 0.180. The van der Waals surface area contributed by atoms with Crippen LogP contribution in [0.3, 0.4) is 0 Å². The Bertz CT molecular complexity index is 4090. The van der Waals surface area contributed by atoms with Crippen molar-refractivity contribution in [2.75, 3.05) is 0 Å². The molecule has 0 atom stereocenters. The van der Waals surface area contributed by atoms with Gasteiger partial charge in [-0.15, -0.1) is 11.3 Å². The number of rotatable bonds is 3. The van der Waals surface area contributed by atoms with Crippen molar-refractivity contribution >= 4 is 113 Å². The van der Waals surface area contributed by atoms with Gasteiger partial charge >= 0.3 is 0 Å². The highest BCUT2D eigenvalue weighted by Gasteiger charge is 2.21. The number of benzene rings is 8. The molecule has 0 aliphatic heterocycles. The molecule has 0 spiro atoms. The second-order valence-corrected chi connectivity index (χ2v) is 16.6. The van der Waals surface area contributed by atoms with Crippen LogP contribution in [0.2, 0.25) is 0 Å². The molecule has 0 bridgehead atoms. The van der Waals surface area contributed by atoms with Crippen molar-refractivity contribution in [1.29, 1.82) is 0 Å². The van der Waals surface area contributed by atoms with Gasteiger partial charge in [0.2, 0.25) is 5.95 Å². The first-order valence-electron chi connectivity index (χ1n) is 19.9. The highest BCUT2D eigenvalue weighted by molar-refractivity contribution is 7.26. The molecule has 0 saturated carbocycles. The smallest absolute Gasteiger partial charge is 0.235 e. The maximum Gasteiger partial charge on any atom is 0.235 e.